The molecule has 1 aromatic rings. The van der Waals surface area contributed by atoms with Crippen LogP contribution in [0.25, 0.3) is 0 Å². The Labute approximate surface area is 75.7 Å². The van der Waals surface area contributed by atoms with Crippen LogP contribution in [-0.2, 0) is 0 Å². The summed E-state index contributed by atoms with van der Waals surface area (Å²) in [5.41, 5.74) is 0. The first kappa shape index (κ1) is 8.51. The molecular weight excluding hydrogens is 135 g/mol. The third-order valence-corrected chi connectivity index (χ3v) is 1.54. The summed E-state index contributed by atoms with van der Waals surface area (Å²) in [7, 11) is 3.27. The van der Waals surface area contributed by atoms with E-state index in [1.54, 1.807) is 14.2 Å². The number of rotatable bonds is 2. The van der Waals surface area contributed by atoms with Crippen LogP contribution in [0, 0.1) is 0 Å². The second-order valence-corrected chi connectivity index (χ2v) is 2.36. The molecule has 54 valence electrons. The second kappa shape index (κ2) is 3.71. The second-order valence-electron chi connectivity index (χ2n) is 2.36. The van der Waals surface area contributed by atoms with Gasteiger partial charge in [-0.1, -0.05) is 0 Å². The standard InChI is InChI=1S/C8H9O2.Li/c1-9-7-5-3-4-6-8(7)10-2;/h3,5-6H,1-2H3;. The van der Waals surface area contributed by atoms with Crippen LogP contribution in [0.2, 0.25) is 0 Å². The zero-order valence-electron chi connectivity index (χ0n) is 7.05. The van der Waals surface area contributed by atoms with Crippen molar-refractivity contribution in [1.29, 1.82) is 0 Å². The number of benzene rings is 1. The molecule has 0 saturated carbocycles. The minimum atomic E-state index is 0.776. The molecule has 3 heteroatoms. The predicted molar refractivity (Wildman–Crippen MR) is 44.9 cm³/mol. The first-order chi connectivity index (χ1) is 5.27. The molecule has 0 fully saturated rings. The molecule has 1 aromatic carbocycles. The molecule has 2 nitrogen and oxygen atoms in total. The topological polar surface area (TPSA) is 18.5 Å². The quantitative estimate of drug-likeness (QED) is 0.562. The van der Waals surface area contributed by atoms with Crippen LogP contribution < -0.4 is 13.7 Å². The van der Waals surface area contributed by atoms with E-state index < -0.39 is 0 Å². The fraction of sp³-hybridized carbons (Fsp3) is 0.250. The number of methoxy groups -OCH3 is 2. The Morgan fingerprint density at radius 2 is 1.73 bits per heavy atom. The molecule has 0 aromatic heterocycles. The van der Waals surface area contributed by atoms with Crippen LogP contribution in [0.5, 0.6) is 11.5 Å². The van der Waals surface area contributed by atoms with E-state index in [1.807, 2.05) is 35.9 Å². The van der Waals surface area contributed by atoms with Gasteiger partial charge in [-0.05, 0) is 0 Å². The average molecular weight is 144 g/mol. The first-order valence-corrected chi connectivity index (χ1v) is 3.46. The Bertz CT molecular complexity index is 248. The van der Waals surface area contributed by atoms with Gasteiger partial charge in [-0.2, -0.15) is 0 Å². The molecule has 0 heterocycles. The molecular formula is C8H9LiO2. The van der Waals surface area contributed by atoms with E-state index in [9.17, 15) is 0 Å². The van der Waals surface area contributed by atoms with Gasteiger partial charge in [0.05, 0.1) is 0 Å². The van der Waals surface area contributed by atoms with Gasteiger partial charge >= 0.3 is 75.3 Å². The molecule has 0 radical (unpaired) electrons. The zero-order chi connectivity index (χ0) is 8.27. The van der Waals surface area contributed by atoms with Crippen LogP contribution in [-0.4, -0.2) is 31.9 Å². The van der Waals surface area contributed by atoms with Gasteiger partial charge in [0.2, 0.25) is 0 Å². The van der Waals surface area contributed by atoms with Gasteiger partial charge < -0.3 is 0 Å². The van der Waals surface area contributed by atoms with E-state index in [0.717, 1.165) is 11.5 Å². The summed E-state index contributed by atoms with van der Waals surface area (Å²) >= 11 is 2.02. The Hall–Kier alpha value is -0.583. The van der Waals surface area contributed by atoms with Gasteiger partial charge in [0.1, 0.15) is 0 Å². The van der Waals surface area contributed by atoms with Crippen molar-refractivity contribution in [3.8, 4) is 11.5 Å². The van der Waals surface area contributed by atoms with E-state index in [2.05, 4.69) is 0 Å². The monoisotopic (exact) mass is 144 g/mol. The van der Waals surface area contributed by atoms with Crippen molar-refractivity contribution in [3.05, 3.63) is 18.2 Å². The molecule has 0 aliphatic carbocycles. The van der Waals surface area contributed by atoms with E-state index in [0.29, 0.717) is 0 Å². The van der Waals surface area contributed by atoms with Crippen LogP contribution in [0.15, 0.2) is 18.2 Å². The van der Waals surface area contributed by atoms with E-state index in [1.165, 1.54) is 4.24 Å². The van der Waals surface area contributed by atoms with Crippen LogP contribution in [0.3, 0.4) is 0 Å². The summed E-state index contributed by atoms with van der Waals surface area (Å²) in [5, 5.41) is 0. The van der Waals surface area contributed by atoms with Gasteiger partial charge in [0.25, 0.3) is 0 Å². The maximum atomic E-state index is 5.09. The SMILES string of the molecule is [Li][c]1ccc(OC)c(OC)c1. The van der Waals surface area contributed by atoms with E-state index in [4.69, 9.17) is 9.47 Å². The molecule has 1 rings (SSSR count). The van der Waals surface area contributed by atoms with Crippen molar-refractivity contribution >= 4 is 22.0 Å². The van der Waals surface area contributed by atoms with Crippen molar-refractivity contribution in [2.75, 3.05) is 14.2 Å². The molecule has 0 aliphatic heterocycles. The van der Waals surface area contributed by atoms with Crippen molar-refractivity contribution in [2.24, 2.45) is 0 Å². The summed E-state index contributed by atoms with van der Waals surface area (Å²) in [5.74, 6) is 1.56. The molecule has 0 amide bonds. The Morgan fingerprint density at radius 1 is 1.09 bits per heavy atom. The number of hydrogen-bond acceptors (Lipinski definition) is 2. The molecule has 0 bridgehead atoms. The molecule has 0 saturated heterocycles. The molecule has 0 atom stereocenters. The molecule has 0 unspecified atom stereocenters. The third kappa shape index (κ3) is 1.92. The summed E-state index contributed by atoms with van der Waals surface area (Å²) in [4.78, 5) is 0. The molecule has 11 heavy (non-hydrogen) atoms. The first-order valence-electron chi connectivity index (χ1n) is 3.46. The Kier molecular flexibility index (Phi) is 2.87. The van der Waals surface area contributed by atoms with Crippen LogP contribution >= 0.6 is 0 Å². The zero-order valence-corrected chi connectivity index (χ0v) is 7.05. The van der Waals surface area contributed by atoms with Crippen molar-refractivity contribution < 1.29 is 9.47 Å². The van der Waals surface area contributed by atoms with Gasteiger partial charge in [-0.3, -0.25) is 0 Å². The van der Waals surface area contributed by atoms with Gasteiger partial charge in [0.15, 0.2) is 0 Å². The summed E-state index contributed by atoms with van der Waals surface area (Å²) in [6, 6.07) is 5.83. The van der Waals surface area contributed by atoms with Crippen molar-refractivity contribution in [1.82, 2.24) is 0 Å². The summed E-state index contributed by atoms with van der Waals surface area (Å²) in [6.45, 7) is 0. The maximum absolute atomic E-state index is 5.09. The fourth-order valence-corrected chi connectivity index (χ4v) is 0.943. The summed E-state index contributed by atoms with van der Waals surface area (Å²) < 4.78 is 11.3. The van der Waals surface area contributed by atoms with Gasteiger partial charge in [-0.15, -0.1) is 0 Å². The molecule has 0 spiro atoms. The van der Waals surface area contributed by atoms with Crippen LogP contribution in [0.4, 0.5) is 0 Å². The fourth-order valence-electron chi connectivity index (χ4n) is 0.943. The molecule has 0 N–H and O–H groups in total. The number of hydrogen-bond donors (Lipinski definition) is 0. The Balaban J connectivity index is 3.06. The van der Waals surface area contributed by atoms with Crippen molar-refractivity contribution in [2.45, 2.75) is 0 Å². The predicted octanol–water partition coefficient (Wildman–Crippen LogP) is 0.498. The Morgan fingerprint density at radius 3 is 2.27 bits per heavy atom. The van der Waals surface area contributed by atoms with Gasteiger partial charge in [-0.25, -0.2) is 0 Å². The average Bonchev–Trinajstić information content (AvgIpc) is 2.04. The van der Waals surface area contributed by atoms with Gasteiger partial charge in [0, 0.05) is 0 Å². The normalized spacial score (nSPS) is 9.45. The molecule has 0 aliphatic rings. The number of ether oxygens (including phenoxy) is 2. The third-order valence-electron chi connectivity index (χ3n) is 1.54. The van der Waals surface area contributed by atoms with E-state index >= 15 is 0 Å². The summed E-state index contributed by atoms with van der Waals surface area (Å²) in [6.07, 6.45) is 0. The van der Waals surface area contributed by atoms with E-state index in [-0.39, 0.29) is 0 Å². The van der Waals surface area contributed by atoms with Crippen molar-refractivity contribution in [3.63, 3.8) is 0 Å². The minimum absolute atomic E-state index is 0.776. The van der Waals surface area contributed by atoms with Crippen LogP contribution in [0.1, 0.15) is 0 Å².